The Labute approximate surface area is 180 Å². The van der Waals surface area contributed by atoms with Crippen LogP contribution < -0.4 is 9.47 Å². The summed E-state index contributed by atoms with van der Waals surface area (Å²) in [5.74, 6) is -0.723. The van der Waals surface area contributed by atoms with Gasteiger partial charge in [-0.15, -0.1) is 0 Å². The first kappa shape index (κ1) is 22.9. The zero-order valence-electron chi connectivity index (χ0n) is 17.1. The molecule has 0 amide bonds. The van der Waals surface area contributed by atoms with Crippen molar-refractivity contribution in [3.8, 4) is 23.6 Å². The molecule has 0 aliphatic heterocycles. The molecule has 7 heteroatoms. The summed E-state index contributed by atoms with van der Waals surface area (Å²) in [5.41, 5.74) is 0.735. The number of ether oxygens (including phenoxy) is 3. The van der Waals surface area contributed by atoms with Gasteiger partial charge in [0.05, 0.1) is 13.2 Å². The molecule has 0 radical (unpaired) electrons. The van der Waals surface area contributed by atoms with Crippen molar-refractivity contribution in [2.75, 3.05) is 13.2 Å². The van der Waals surface area contributed by atoms with Crippen molar-refractivity contribution in [2.45, 2.75) is 13.8 Å². The molecular weight excluding hydrogens is 396 g/mol. The minimum absolute atomic E-state index is 0.146. The van der Waals surface area contributed by atoms with Crippen molar-refractivity contribution >= 4 is 24.1 Å². The van der Waals surface area contributed by atoms with Gasteiger partial charge in [0.2, 0.25) is 0 Å². The van der Waals surface area contributed by atoms with Crippen molar-refractivity contribution in [1.29, 1.82) is 10.5 Å². The van der Waals surface area contributed by atoms with Crippen LogP contribution >= 0.6 is 0 Å². The number of hydrogen-bond donors (Lipinski definition) is 0. The number of nitrogens with zero attached hydrogens (tertiary/aromatic N) is 2. The van der Waals surface area contributed by atoms with E-state index in [9.17, 15) is 14.9 Å². The molecule has 0 N–H and O–H groups in total. The summed E-state index contributed by atoms with van der Waals surface area (Å²) in [6, 6.07) is 16.8. The summed E-state index contributed by atoms with van der Waals surface area (Å²) >= 11 is 0. The number of rotatable bonds is 8. The van der Waals surface area contributed by atoms with Crippen molar-refractivity contribution < 1.29 is 23.8 Å². The van der Waals surface area contributed by atoms with Crippen LogP contribution in [-0.4, -0.2) is 25.2 Å². The minimum Gasteiger partial charge on any atom is -0.494 e. The molecule has 31 heavy (non-hydrogen) atoms. The lowest BCUT2D eigenvalue weighted by Gasteiger charge is -2.06. The van der Waals surface area contributed by atoms with Gasteiger partial charge in [-0.25, -0.2) is 9.59 Å². The SMILES string of the molecule is CCOC(=O)/C(C#N)=C/c1cccc(OC(=O)/C(C#N)=C/c2ccc(OCC)cc2)c1. The Balaban J connectivity index is 2.18. The molecule has 0 fully saturated rings. The molecule has 7 nitrogen and oxygen atoms in total. The summed E-state index contributed by atoms with van der Waals surface area (Å²) in [6.45, 7) is 4.20. The van der Waals surface area contributed by atoms with E-state index in [1.54, 1.807) is 49.4 Å². The van der Waals surface area contributed by atoms with E-state index in [-0.39, 0.29) is 23.5 Å². The first-order valence-electron chi connectivity index (χ1n) is 9.46. The van der Waals surface area contributed by atoms with Crippen LogP contribution in [0.25, 0.3) is 12.2 Å². The third-order valence-electron chi connectivity index (χ3n) is 3.84. The molecule has 0 saturated carbocycles. The average molecular weight is 416 g/mol. The lowest BCUT2D eigenvalue weighted by molar-refractivity contribution is -0.138. The first-order valence-corrected chi connectivity index (χ1v) is 9.46. The van der Waals surface area contributed by atoms with E-state index in [1.165, 1.54) is 24.3 Å². The van der Waals surface area contributed by atoms with Gasteiger partial charge in [0.25, 0.3) is 0 Å². The Kier molecular flexibility index (Phi) is 8.57. The van der Waals surface area contributed by atoms with Gasteiger partial charge < -0.3 is 14.2 Å². The summed E-state index contributed by atoms with van der Waals surface area (Å²) in [4.78, 5) is 24.2. The van der Waals surface area contributed by atoms with Gasteiger partial charge in [-0.05, 0) is 61.4 Å². The molecule has 156 valence electrons. The maximum absolute atomic E-state index is 12.4. The van der Waals surface area contributed by atoms with Gasteiger partial charge in [-0.2, -0.15) is 10.5 Å². The lowest BCUT2D eigenvalue weighted by Crippen LogP contribution is -2.10. The van der Waals surface area contributed by atoms with Gasteiger partial charge in [0.1, 0.15) is 34.8 Å². The standard InChI is InChI=1S/C24H20N2O5/c1-3-29-21-10-8-17(9-11-21)12-20(16-26)24(28)31-22-7-5-6-18(14-22)13-19(15-25)23(27)30-4-2/h5-14H,3-4H2,1-2H3/b19-13+,20-12+. The number of carbonyl (C=O) groups excluding carboxylic acids is 2. The topological polar surface area (TPSA) is 109 Å². The maximum Gasteiger partial charge on any atom is 0.354 e. The second-order valence-electron chi connectivity index (χ2n) is 6.02. The predicted octanol–water partition coefficient (Wildman–Crippen LogP) is 4.07. The van der Waals surface area contributed by atoms with E-state index >= 15 is 0 Å². The highest BCUT2D eigenvalue weighted by atomic mass is 16.5. The van der Waals surface area contributed by atoms with Crippen LogP contribution in [0.3, 0.4) is 0 Å². The number of nitriles is 2. The van der Waals surface area contributed by atoms with Crippen molar-refractivity contribution in [3.63, 3.8) is 0 Å². The van der Waals surface area contributed by atoms with Crippen LogP contribution in [0.1, 0.15) is 25.0 Å². The molecule has 0 aliphatic rings. The number of esters is 2. The number of hydrogen-bond acceptors (Lipinski definition) is 7. The van der Waals surface area contributed by atoms with Gasteiger partial charge >= 0.3 is 11.9 Å². The van der Waals surface area contributed by atoms with E-state index < -0.39 is 11.9 Å². The van der Waals surface area contributed by atoms with Crippen LogP contribution in [0.15, 0.2) is 59.7 Å². The molecule has 0 unspecified atom stereocenters. The molecule has 0 aliphatic carbocycles. The van der Waals surface area contributed by atoms with Crippen LogP contribution in [0.2, 0.25) is 0 Å². The minimum atomic E-state index is -0.830. The fourth-order valence-electron chi connectivity index (χ4n) is 2.47. The van der Waals surface area contributed by atoms with E-state index in [1.807, 2.05) is 13.0 Å². The molecule has 0 heterocycles. The monoisotopic (exact) mass is 416 g/mol. The summed E-state index contributed by atoms with van der Waals surface area (Å²) in [5, 5.41) is 18.5. The molecule has 0 aromatic heterocycles. The quantitative estimate of drug-likeness (QED) is 0.276. The number of carbonyl (C=O) groups is 2. The Bertz CT molecular complexity index is 1090. The lowest BCUT2D eigenvalue weighted by atomic mass is 10.1. The van der Waals surface area contributed by atoms with Crippen molar-refractivity contribution in [1.82, 2.24) is 0 Å². The maximum atomic E-state index is 12.4. The zero-order valence-corrected chi connectivity index (χ0v) is 17.1. The fraction of sp³-hybridized carbons (Fsp3) is 0.167. The van der Waals surface area contributed by atoms with Gasteiger partial charge in [-0.1, -0.05) is 24.3 Å². The second-order valence-corrected chi connectivity index (χ2v) is 6.02. The predicted molar refractivity (Wildman–Crippen MR) is 114 cm³/mol. The largest absolute Gasteiger partial charge is 0.494 e. The molecule has 0 saturated heterocycles. The molecule has 0 atom stereocenters. The second kappa shape index (κ2) is 11.6. The van der Waals surface area contributed by atoms with Gasteiger partial charge in [0, 0.05) is 0 Å². The van der Waals surface area contributed by atoms with Crippen LogP contribution in [0, 0.1) is 22.7 Å². The van der Waals surface area contributed by atoms with Crippen LogP contribution in [0.5, 0.6) is 11.5 Å². The highest BCUT2D eigenvalue weighted by molar-refractivity contribution is 5.99. The normalized spacial score (nSPS) is 11.1. The zero-order chi connectivity index (χ0) is 22.6. The van der Waals surface area contributed by atoms with E-state index in [0.717, 1.165) is 0 Å². The Morgan fingerprint density at radius 3 is 2.10 bits per heavy atom. The molecule has 2 aromatic rings. The fourth-order valence-corrected chi connectivity index (χ4v) is 2.47. The van der Waals surface area contributed by atoms with E-state index in [0.29, 0.717) is 23.5 Å². The summed E-state index contributed by atoms with van der Waals surface area (Å²) in [6.07, 6.45) is 2.74. The summed E-state index contributed by atoms with van der Waals surface area (Å²) < 4.78 is 15.5. The van der Waals surface area contributed by atoms with E-state index in [4.69, 9.17) is 19.5 Å². The van der Waals surface area contributed by atoms with E-state index in [2.05, 4.69) is 0 Å². The first-order chi connectivity index (χ1) is 15.0. The Morgan fingerprint density at radius 1 is 0.839 bits per heavy atom. The third-order valence-corrected chi connectivity index (χ3v) is 3.84. The van der Waals surface area contributed by atoms with Crippen molar-refractivity contribution in [2.24, 2.45) is 0 Å². The molecule has 0 bridgehead atoms. The molecule has 2 aromatic carbocycles. The highest BCUT2D eigenvalue weighted by Crippen LogP contribution is 2.19. The van der Waals surface area contributed by atoms with Crippen LogP contribution in [0.4, 0.5) is 0 Å². The Morgan fingerprint density at radius 2 is 1.48 bits per heavy atom. The summed E-state index contributed by atoms with van der Waals surface area (Å²) in [7, 11) is 0. The number of benzene rings is 2. The molecular formula is C24H20N2O5. The average Bonchev–Trinajstić information content (AvgIpc) is 2.77. The van der Waals surface area contributed by atoms with Crippen molar-refractivity contribution in [3.05, 3.63) is 70.8 Å². The Hall–Kier alpha value is -4.36. The highest BCUT2D eigenvalue weighted by Gasteiger charge is 2.13. The smallest absolute Gasteiger partial charge is 0.354 e. The van der Waals surface area contributed by atoms with Gasteiger partial charge in [0.15, 0.2) is 0 Å². The third kappa shape index (κ3) is 6.88. The molecule has 0 spiro atoms. The molecule has 2 rings (SSSR count). The van der Waals surface area contributed by atoms with Gasteiger partial charge in [-0.3, -0.25) is 0 Å². The van der Waals surface area contributed by atoms with Crippen LogP contribution in [-0.2, 0) is 14.3 Å².